The SMILES string of the molecule is CN(CC1CCCO1)CC(N)(C#N)c1ccccc1. The lowest BCUT2D eigenvalue weighted by Crippen LogP contribution is -2.47. The van der Waals surface area contributed by atoms with E-state index in [1.807, 2.05) is 37.4 Å². The molecule has 0 radical (unpaired) electrons. The van der Waals surface area contributed by atoms with Gasteiger partial charge in [-0.2, -0.15) is 5.26 Å². The fourth-order valence-electron chi connectivity index (χ4n) is 2.55. The summed E-state index contributed by atoms with van der Waals surface area (Å²) >= 11 is 0. The van der Waals surface area contributed by atoms with Crippen LogP contribution in [0.4, 0.5) is 0 Å². The van der Waals surface area contributed by atoms with Crippen molar-refractivity contribution in [3.8, 4) is 6.07 Å². The fraction of sp³-hybridized carbons (Fsp3) is 0.533. The van der Waals surface area contributed by atoms with E-state index in [0.717, 1.165) is 31.6 Å². The highest BCUT2D eigenvalue weighted by Crippen LogP contribution is 2.20. The first-order valence-electron chi connectivity index (χ1n) is 6.70. The molecule has 1 aliphatic heterocycles. The van der Waals surface area contributed by atoms with Crippen LogP contribution in [0.3, 0.4) is 0 Å². The zero-order chi connectivity index (χ0) is 13.7. The van der Waals surface area contributed by atoms with Crippen LogP contribution in [-0.2, 0) is 10.3 Å². The normalized spacial score (nSPS) is 22.1. The van der Waals surface area contributed by atoms with Crippen LogP contribution in [-0.4, -0.2) is 37.7 Å². The highest BCUT2D eigenvalue weighted by Gasteiger charge is 2.30. The first kappa shape index (κ1) is 14.0. The molecule has 0 aromatic heterocycles. The van der Waals surface area contributed by atoms with Gasteiger partial charge in [-0.25, -0.2) is 0 Å². The summed E-state index contributed by atoms with van der Waals surface area (Å²) in [5.41, 5.74) is 6.14. The Balaban J connectivity index is 2.00. The van der Waals surface area contributed by atoms with Crippen molar-refractivity contribution in [2.45, 2.75) is 24.5 Å². The second kappa shape index (κ2) is 6.16. The Morgan fingerprint density at radius 1 is 1.47 bits per heavy atom. The van der Waals surface area contributed by atoms with Crippen LogP contribution in [0.15, 0.2) is 30.3 Å². The molecule has 2 unspecified atom stereocenters. The molecule has 1 aromatic rings. The number of hydrogen-bond donors (Lipinski definition) is 1. The molecule has 0 amide bonds. The maximum absolute atomic E-state index is 9.42. The number of hydrogen-bond acceptors (Lipinski definition) is 4. The molecule has 19 heavy (non-hydrogen) atoms. The van der Waals surface area contributed by atoms with Crippen molar-refractivity contribution >= 4 is 0 Å². The molecule has 0 spiro atoms. The summed E-state index contributed by atoms with van der Waals surface area (Å²) < 4.78 is 5.61. The lowest BCUT2D eigenvalue weighted by molar-refractivity contribution is 0.0770. The van der Waals surface area contributed by atoms with Crippen LogP contribution < -0.4 is 5.73 Å². The molecule has 4 heteroatoms. The summed E-state index contributed by atoms with van der Waals surface area (Å²) in [6, 6.07) is 11.8. The molecule has 102 valence electrons. The van der Waals surface area contributed by atoms with E-state index in [2.05, 4.69) is 11.0 Å². The van der Waals surface area contributed by atoms with Gasteiger partial charge in [0, 0.05) is 19.7 Å². The summed E-state index contributed by atoms with van der Waals surface area (Å²) in [5.74, 6) is 0. The highest BCUT2D eigenvalue weighted by atomic mass is 16.5. The lowest BCUT2D eigenvalue weighted by Gasteiger charge is -2.29. The van der Waals surface area contributed by atoms with Gasteiger partial charge < -0.3 is 15.4 Å². The van der Waals surface area contributed by atoms with Crippen LogP contribution >= 0.6 is 0 Å². The Hall–Kier alpha value is -1.41. The van der Waals surface area contributed by atoms with E-state index in [-0.39, 0.29) is 6.10 Å². The Morgan fingerprint density at radius 2 is 2.21 bits per heavy atom. The largest absolute Gasteiger partial charge is 0.377 e. The van der Waals surface area contributed by atoms with Gasteiger partial charge in [0.15, 0.2) is 0 Å². The number of likely N-dealkylation sites (N-methyl/N-ethyl adjacent to an activating group) is 1. The number of benzene rings is 1. The molecular weight excluding hydrogens is 238 g/mol. The molecule has 1 aromatic carbocycles. The Labute approximate surface area is 114 Å². The van der Waals surface area contributed by atoms with Gasteiger partial charge in [0.1, 0.15) is 5.54 Å². The smallest absolute Gasteiger partial charge is 0.142 e. The lowest BCUT2D eigenvalue weighted by atomic mass is 9.92. The molecule has 1 heterocycles. The first-order chi connectivity index (χ1) is 9.14. The summed E-state index contributed by atoms with van der Waals surface area (Å²) in [6.07, 6.45) is 2.51. The van der Waals surface area contributed by atoms with Gasteiger partial charge in [-0.05, 0) is 25.5 Å². The quantitative estimate of drug-likeness (QED) is 0.870. The van der Waals surface area contributed by atoms with E-state index in [4.69, 9.17) is 10.5 Å². The molecule has 1 saturated heterocycles. The van der Waals surface area contributed by atoms with Gasteiger partial charge >= 0.3 is 0 Å². The number of nitrogens with zero attached hydrogens (tertiary/aromatic N) is 2. The molecule has 1 fully saturated rings. The van der Waals surface area contributed by atoms with E-state index in [0.29, 0.717) is 6.54 Å². The second-order valence-corrected chi connectivity index (χ2v) is 5.28. The first-order valence-corrected chi connectivity index (χ1v) is 6.70. The minimum Gasteiger partial charge on any atom is -0.377 e. The molecule has 2 atom stereocenters. The molecule has 1 aliphatic rings. The zero-order valence-corrected chi connectivity index (χ0v) is 11.4. The van der Waals surface area contributed by atoms with Crippen LogP contribution in [0.25, 0.3) is 0 Å². The van der Waals surface area contributed by atoms with E-state index in [9.17, 15) is 5.26 Å². The maximum Gasteiger partial charge on any atom is 0.142 e. The summed E-state index contributed by atoms with van der Waals surface area (Å²) in [7, 11) is 1.99. The minimum absolute atomic E-state index is 0.281. The van der Waals surface area contributed by atoms with Crippen molar-refractivity contribution in [1.82, 2.24) is 4.90 Å². The monoisotopic (exact) mass is 259 g/mol. The van der Waals surface area contributed by atoms with Crippen LogP contribution in [0, 0.1) is 11.3 Å². The van der Waals surface area contributed by atoms with Crippen LogP contribution in [0.2, 0.25) is 0 Å². The Morgan fingerprint density at radius 3 is 2.79 bits per heavy atom. The van der Waals surface area contributed by atoms with Crippen molar-refractivity contribution < 1.29 is 4.74 Å². The van der Waals surface area contributed by atoms with Gasteiger partial charge in [-0.3, -0.25) is 0 Å². The maximum atomic E-state index is 9.42. The standard InChI is InChI=1S/C15H21N3O/c1-18(10-14-8-5-9-19-14)12-15(17,11-16)13-6-3-2-4-7-13/h2-4,6-7,14H,5,8-10,12,17H2,1H3. The van der Waals surface area contributed by atoms with E-state index in [1.54, 1.807) is 0 Å². The Kier molecular flexibility index (Phi) is 4.54. The van der Waals surface area contributed by atoms with E-state index in [1.165, 1.54) is 0 Å². The van der Waals surface area contributed by atoms with Crippen molar-refractivity contribution in [1.29, 1.82) is 5.26 Å². The molecule has 0 aliphatic carbocycles. The van der Waals surface area contributed by atoms with Crippen LogP contribution in [0.5, 0.6) is 0 Å². The summed E-state index contributed by atoms with van der Waals surface area (Å²) in [4.78, 5) is 2.09. The summed E-state index contributed by atoms with van der Waals surface area (Å²) in [5, 5.41) is 9.42. The third-order valence-corrected chi connectivity index (χ3v) is 3.55. The topological polar surface area (TPSA) is 62.3 Å². The minimum atomic E-state index is -0.964. The van der Waals surface area contributed by atoms with Gasteiger partial charge in [0.05, 0.1) is 12.2 Å². The predicted molar refractivity (Wildman–Crippen MR) is 74.4 cm³/mol. The number of nitriles is 1. The molecule has 4 nitrogen and oxygen atoms in total. The van der Waals surface area contributed by atoms with E-state index >= 15 is 0 Å². The molecule has 2 N–H and O–H groups in total. The van der Waals surface area contributed by atoms with Gasteiger partial charge in [-0.15, -0.1) is 0 Å². The van der Waals surface area contributed by atoms with Crippen molar-refractivity contribution in [3.63, 3.8) is 0 Å². The highest BCUT2D eigenvalue weighted by molar-refractivity contribution is 5.31. The molecule has 0 bridgehead atoms. The Bertz CT molecular complexity index is 436. The van der Waals surface area contributed by atoms with E-state index < -0.39 is 5.54 Å². The fourth-order valence-corrected chi connectivity index (χ4v) is 2.55. The third kappa shape index (κ3) is 3.54. The number of rotatable bonds is 5. The average molecular weight is 259 g/mol. The van der Waals surface area contributed by atoms with Crippen molar-refractivity contribution in [3.05, 3.63) is 35.9 Å². The van der Waals surface area contributed by atoms with Gasteiger partial charge in [0.25, 0.3) is 0 Å². The van der Waals surface area contributed by atoms with Crippen LogP contribution in [0.1, 0.15) is 18.4 Å². The molecule has 0 saturated carbocycles. The van der Waals surface area contributed by atoms with Crippen molar-refractivity contribution in [2.24, 2.45) is 5.73 Å². The average Bonchev–Trinajstić information content (AvgIpc) is 2.92. The van der Waals surface area contributed by atoms with Crippen molar-refractivity contribution in [2.75, 3.05) is 26.7 Å². The zero-order valence-electron chi connectivity index (χ0n) is 11.4. The summed E-state index contributed by atoms with van der Waals surface area (Å²) in [6.45, 7) is 2.18. The predicted octanol–water partition coefficient (Wildman–Crippen LogP) is 1.47. The van der Waals surface area contributed by atoms with Gasteiger partial charge in [0.2, 0.25) is 0 Å². The number of nitrogens with two attached hydrogens (primary N) is 1. The third-order valence-electron chi connectivity index (χ3n) is 3.55. The van der Waals surface area contributed by atoms with Gasteiger partial charge in [-0.1, -0.05) is 30.3 Å². The molecular formula is C15H21N3O. The second-order valence-electron chi connectivity index (χ2n) is 5.28. The number of ether oxygens (including phenoxy) is 1. The molecule has 2 rings (SSSR count).